The highest BCUT2D eigenvalue weighted by molar-refractivity contribution is 8.01. The van der Waals surface area contributed by atoms with Gasteiger partial charge in [-0.15, -0.1) is 11.3 Å². The fourth-order valence-electron chi connectivity index (χ4n) is 3.73. The molecule has 0 saturated heterocycles. The number of para-hydroxylation sites is 1. The van der Waals surface area contributed by atoms with Gasteiger partial charge in [0.05, 0.1) is 32.7 Å². The average molecular weight is 504 g/mol. The monoisotopic (exact) mass is 503 g/mol. The lowest BCUT2D eigenvalue weighted by molar-refractivity contribution is -0.116. The van der Waals surface area contributed by atoms with Gasteiger partial charge in [-0.05, 0) is 47.7 Å². The number of nitrogens with zero attached hydrogens (tertiary/aromatic N) is 3. The topological polar surface area (TPSA) is 46.1 Å². The van der Waals surface area contributed by atoms with E-state index in [1.807, 2.05) is 41.3 Å². The van der Waals surface area contributed by atoms with Crippen LogP contribution in [0.1, 0.15) is 37.3 Å². The van der Waals surface area contributed by atoms with Gasteiger partial charge in [0.1, 0.15) is 0 Å². The first-order chi connectivity index (χ1) is 16.6. The van der Waals surface area contributed by atoms with Crippen molar-refractivity contribution < 1.29 is 4.79 Å². The first-order valence-corrected chi connectivity index (χ1v) is 14.0. The lowest BCUT2D eigenvalue weighted by Crippen LogP contribution is -2.31. The average Bonchev–Trinajstić information content (AvgIpc) is 3.49. The number of hydrogen-bond acceptors (Lipinski definition) is 6. The summed E-state index contributed by atoms with van der Waals surface area (Å²) in [4.78, 5) is 24.8. The second-order valence-corrected chi connectivity index (χ2v) is 11.5. The van der Waals surface area contributed by atoms with Crippen LogP contribution in [0.15, 0.2) is 77.1 Å². The normalized spacial score (nSPS) is 12.3. The number of carbonyl (C=O) groups is 1. The van der Waals surface area contributed by atoms with Gasteiger partial charge in [0.25, 0.3) is 0 Å². The van der Waals surface area contributed by atoms with Gasteiger partial charge in [-0.3, -0.25) is 9.69 Å². The number of amides is 1. The van der Waals surface area contributed by atoms with Gasteiger partial charge in [-0.1, -0.05) is 85.5 Å². The molecule has 5 aromatic rings. The summed E-state index contributed by atoms with van der Waals surface area (Å²) >= 11 is 4.72. The number of carbonyl (C=O) groups excluding carboxylic acids is 1. The molecule has 0 aliphatic rings. The first-order valence-electron chi connectivity index (χ1n) is 11.3. The highest BCUT2D eigenvalue weighted by atomic mass is 32.2. The maximum atomic E-state index is 13.5. The van der Waals surface area contributed by atoms with Gasteiger partial charge < -0.3 is 0 Å². The molecule has 0 aliphatic carbocycles. The number of fused-ring (bicyclic) bond motifs is 2. The number of benzene rings is 3. The van der Waals surface area contributed by atoms with E-state index < -0.39 is 0 Å². The first kappa shape index (κ1) is 23.0. The molecule has 172 valence electrons. The van der Waals surface area contributed by atoms with Crippen LogP contribution in [-0.4, -0.2) is 21.6 Å². The Balaban J connectivity index is 1.41. The van der Waals surface area contributed by atoms with Crippen molar-refractivity contribution in [2.45, 2.75) is 37.1 Å². The molecular formula is C27H25N3OS3. The number of aromatic nitrogens is 2. The van der Waals surface area contributed by atoms with Crippen LogP contribution in [-0.2, 0) is 11.3 Å². The van der Waals surface area contributed by atoms with Crippen molar-refractivity contribution in [2.24, 2.45) is 0 Å². The maximum Gasteiger partial charge on any atom is 0.239 e. The molecule has 0 aliphatic heterocycles. The molecule has 0 N–H and O–H groups in total. The summed E-state index contributed by atoms with van der Waals surface area (Å²) in [5.74, 6) is 0.859. The van der Waals surface area contributed by atoms with Gasteiger partial charge in [0, 0.05) is 0 Å². The molecule has 1 amide bonds. The fourth-order valence-corrected chi connectivity index (χ4v) is 6.70. The second-order valence-electron chi connectivity index (χ2n) is 8.23. The number of hydrogen-bond donors (Lipinski definition) is 0. The molecule has 0 bridgehead atoms. The summed E-state index contributed by atoms with van der Waals surface area (Å²) in [5, 5.41) is 0.745. The molecule has 5 rings (SSSR count). The Kier molecular flexibility index (Phi) is 6.94. The molecule has 0 fully saturated rings. The van der Waals surface area contributed by atoms with E-state index in [2.05, 4.69) is 55.2 Å². The van der Waals surface area contributed by atoms with Crippen LogP contribution in [0.2, 0.25) is 0 Å². The number of rotatable bonds is 8. The molecule has 3 aromatic carbocycles. The Labute approximate surface area is 211 Å². The molecule has 2 heterocycles. The number of anilines is 1. The highest BCUT2D eigenvalue weighted by Crippen LogP contribution is 2.34. The largest absolute Gasteiger partial charge is 0.283 e. The Hall–Kier alpha value is -2.74. The van der Waals surface area contributed by atoms with Crippen molar-refractivity contribution in [1.82, 2.24) is 9.97 Å². The Morgan fingerprint density at radius 2 is 1.71 bits per heavy atom. The van der Waals surface area contributed by atoms with Crippen molar-refractivity contribution in [3.05, 3.63) is 83.9 Å². The zero-order valence-electron chi connectivity index (χ0n) is 19.1. The van der Waals surface area contributed by atoms with E-state index >= 15 is 0 Å². The number of thioether (sulfide) groups is 1. The third-order valence-electron chi connectivity index (χ3n) is 5.89. The fraction of sp³-hybridized carbons (Fsp3) is 0.222. The molecular weight excluding hydrogens is 479 g/mol. The van der Waals surface area contributed by atoms with Crippen LogP contribution in [0.5, 0.6) is 0 Å². The SMILES string of the molecule is CC[C@H](C)c1ccc2nc(N(Cc3ccccc3)C(=O)CSc3nc4ccccc4s3)sc2c1. The van der Waals surface area contributed by atoms with Crippen molar-refractivity contribution in [3.8, 4) is 0 Å². The van der Waals surface area contributed by atoms with Crippen molar-refractivity contribution >= 4 is 65.9 Å². The quantitative estimate of drug-likeness (QED) is 0.203. The Morgan fingerprint density at radius 3 is 2.50 bits per heavy atom. The van der Waals surface area contributed by atoms with Gasteiger partial charge >= 0.3 is 0 Å². The van der Waals surface area contributed by atoms with Gasteiger partial charge in [0.2, 0.25) is 5.91 Å². The molecule has 7 heteroatoms. The maximum absolute atomic E-state index is 13.5. The predicted octanol–water partition coefficient (Wildman–Crippen LogP) is 7.75. The summed E-state index contributed by atoms with van der Waals surface area (Å²) in [6.07, 6.45) is 1.10. The van der Waals surface area contributed by atoms with E-state index in [-0.39, 0.29) is 5.91 Å². The minimum atomic E-state index is 0.0364. The molecule has 0 saturated carbocycles. The van der Waals surface area contributed by atoms with Crippen molar-refractivity contribution in [1.29, 1.82) is 0 Å². The van der Waals surface area contributed by atoms with E-state index in [1.54, 1.807) is 22.7 Å². The van der Waals surface area contributed by atoms with Crippen LogP contribution in [0, 0.1) is 0 Å². The minimum Gasteiger partial charge on any atom is -0.283 e. The molecule has 0 unspecified atom stereocenters. The van der Waals surface area contributed by atoms with E-state index in [4.69, 9.17) is 4.98 Å². The summed E-state index contributed by atoms with van der Waals surface area (Å²) in [6.45, 7) is 4.95. The standard InChI is InChI=1S/C27H25N3OS3/c1-3-18(2)20-13-14-22-24(15-20)33-26(28-22)30(16-19-9-5-4-6-10-19)25(31)17-32-27-29-21-11-7-8-12-23(21)34-27/h4-15,18H,3,16-17H2,1-2H3/t18-/m0/s1. The Morgan fingerprint density at radius 1 is 0.941 bits per heavy atom. The predicted molar refractivity (Wildman–Crippen MR) is 146 cm³/mol. The lowest BCUT2D eigenvalue weighted by Gasteiger charge is -2.19. The summed E-state index contributed by atoms with van der Waals surface area (Å²) < 4.78 is 3.18. The molecule has 1 atom stereocenters. The summed E-state index contributed by atoms with van der Waals surface area (Å²) in [5.41, 5.74) is 4.32. The van der Waals surface area contributed by atoms with E-state index in [0.717, 1.165) is 41.9 Å². The van der Waals surface area contributed by atoms with E-state index in [9.17, 15) is 4.79 Å². The molecule has 0 radical (unpaired) electrons. The Bertz CT molecular complexity index is 1390. The van der Waals surface area contributed by atoms with Crippen LogP contribution < -0.4 is 4.90 Å². The van der Waals surface area contributed by atoms with Crippen LogP contribution in [0.25, 0.3) is 20.4 Å². The third-order valence-corrected chi connectivity index (χ3v) is 9.10. The van der Waals surface area contributed by atoms with E-state index in [0.29, 0.717) is 18.2 Å². The van der Waals surface area contributed by atoms with Crippen LogP contribution in [0.4, 0.5) is 5.13 Å². The zero-order valence-corrected chi connectivity index (χ0v) is 21.6. The minimum absolute atomic E-state index is 0.0364. The molecule has 0 spiro atoms. The summed E-state index contributed by atoms with van der Waals surface area (Å²) in [6, 6.07) is 24.6. The number of thiazole rings is 2. The lowest BCUT2D eigenvalue weighted by atomic mass is 9.99. The third kappa shape index (κ3) is 5.02. The van der Waals surface area contributed by atoms with E-state index in [1.165, 1.54) is 17.3 Å². The van der Waals surface area contributed by atoms with Gasteiger partial charge in [0.15, 0.2) is 9.47 Å². The summed E-state index contributed by atoms with van der Waals surface area (Å²) in [7, 11) is 0. The van der Waals surface area contributed by atoms with Crippen LogP contribution in [0.3, 0.4) is 0 Å². The highest BCUT2D eigenvalue weighted by Gasteiger charge is 2.21. The van der Waals surface area contributed by atoms with Crippen LogP contribution >= 0.6 is 34.4 Å². The van der Waals surface area contributed by atoms with Gasteiger partial charge in [-0.25, -0.2) is 9.97 Å². The van der Waals surface area contributed by atoms with Crippen molar-refractivity contribution in [3.63, 3.8) is 0 Å². The molecule has 2 aromatic heterocycles. The smallest absolute Gasteiger partial charge is 0.239 e. The van der Waals surface area contributed by atoms with Crippen molar-refractivity contribution in [2.75, 3.05) is 10.7 Å². The molecule has 34 heavy (non-hydrogen) atoms. The zero-order chi connectivity index (χ0) is 23.5. The van der Waals surface area contributed by atoms with Gasteiger partial charge in [-0.2, -0.15) is 0 Å². The second kappa shape index (κ2) is 10.3. The molecule has 4 nitrogen and oxygen atoms in total.